The van der Waals surface area contributed by atoms with Crippen LogP contribution in [0, 0.1) is 11.8 Å². The molecule has 10 nitrogen and oxygen atoms in total. The molecule has 1 heterocycles. The first-order valence-corrected chi connectivity index (χ1v) is 11.1. The summed E-state index contributed by atoms with van der Waals surface area (Å²) in [5, 5.41) is 25.0. The first-order chi connectivity index (χ1) is 14.6. The predicted molar refractivity (Wildman–Crippen MR) is 118 cm³/mol. The van der Waals surface area contributed by atoms with Crippen molar-refractivity contribution in [2.45, 2.75) is 97.6 Å². The number of ether oxygens (including phenoxy) is 1. The number of rotatable bonds is 9. The molecular formula is C22H39N3O7. The highest BCUT2D eigenvalue weighted by atomic mass is 16.6. The molecule has 0 aromatic carbocycles. The minimum atomic E-state index is -1.55. The summed E-state index contributed by atoms with van der Waals surface area (Å²) in [5.41, 5.74) is -0.713. The van der Waals surface area contributed by atoms with E-state index in [2.05, 4.69) is 10.6 Å². The number of aliphatic hydroxyl groups excluding tert-OH is 1. The van der Waals surface area contributed by atoms with Crippen molar-refractivity contribution in [2.75, 3.05) is 6.54 Å². The van der Waals surface area contributed by atoms with Crippen LogP contribution in [-0.4, -0.2) is 75.4 Å². The summed E-state index contributed by atoms with van der Waals surface area (Å²) in [6, 6.07) is -2.89. The average molecular weight is 458 g/mol. The van der Waals surface area contributed by atoms with E-state index in [-0.39, 0.29) is 18.3 Å². The lowest BCUT2D eigenvalue weighted by Crippen LogP contribution is -2.57. The zero-order valence-electron chi connectivity index (χ0n) is 20.2. The molecule has 0 aliphatic carbocycles. The van der Waals surface area contributed by atoms with Crippen molar-refractivity contribution in [1.82, 2.24) is 15.5 Å². The van der Waals surface area contributed by atoms with Crippen LogP contribution in [0.4, 0.5) is 4.79 Å². The lowest BCUT2D eigenvalue weighted by Gasteiger charge is -2.31. The maximum absolute atomic E-state index is 12.8. The molecule has 184 valence electrons. The number of amides is 3. The Morgan fingerprint density at radius 2 is 1.66 bits per heavy atom. The second-order valence-electron chi connectivity index (χ2n) is 10.1. The van der Waals surface area contributed by atoms with Gasteiger partial charge in [0.25, 0.3) is 5.91 Å². The number of aliphatic carboxylic acids is 1. The number of nitrogens with one attached hydrogen (secondary N) is 2. The number of hydrogen-bond donors (Lipinski definition) is 4. The molecule has 1 fully saturated rings. The maximum atomic E-state index is 12.8. The van der Waals surface area contributed by atoms with Crippen LogP contribution >= 0.6 is 0 Å². The van der Waals surface area contributed by atoms with Gasteiger partial charge in [0.2, 0.25) is 5.91 Å². The number of aliphatic hydroxyl groups is 1. The van der Waals surface area contributed by atoms with Gasteiger partial charge in [0.1, 0.15) is 17.7 Å². The van der Waals surface area contributed by atoms with Gasteiger partial charge in [0.05, 0.1) is 6.04 Å². The van der Waals surface area contributed by atoms with Crippen molar-refractivity contribution in [2.24, 2.45) is 11.8 Å². The van der Waals surface area contributed by atoms with Crippen molar-refractivity contribution in [3.8, 4) is 0 Å². The van der Waals surface area contributed by atoms with Crippen LogP contribution in [0.5, 0.6) is 0 Å². The molecule has 1 rings (SSSR count). The van der Waals surface area contributed by atoms with Crippen molar-refractivity contribution in [3.05, 3.63) is 0 Å². The molecule has 1 saturated heterocycles. The maximum Gasteiger partial charge on any atom is 0.410 e. The largest absolute Gasteiger partial charge is 0.480 e. The van der Waals surface area contributed by atoms with Gasteiger partial charge in [0, 0.05) is 6.54 Å². The number of hydrogen-bond acceptors (Lipinski definition) is 6. The molecule has 4 N–H and O–H groups in total. The molecule has 0 bridgehead atoms. The normalized spacial score (nSPS) is 19.4. The van der Waals surface area contributed by atoms with Gasteiger partial charge in [0.15, 0.2) is 6.10 Å². The van der Waals surface area contributed by atoms with Gasteiger partial charge in [-0.05, 0) is 51.9 Å². The molecular weight excluding hydrogens is 418 g/mol. The number of carbonyl (C=O) groups is 4. The third kappa shape index (κ3) is 8.29. The van der Waals surface area contributed by atoms with E-state index in [1.165, 1.54) is 4.90 Å². The predicted octanol–water partition coefficient (Wildman–Crippen LogP) is 1.50. The van der Waals surface area contributed by atoms with E-state index in [4.69, 9.17) is 4.74 Å². The molecule has 1 aliphatic rings. The van der Waals surface area contributed by atoms with Crippen LogP contribution in [0.3, 0.4) is 0 Å². The number of likely N-dealkylation sites (tertiary alicyclic amines) is 1. The first-order valence-electron chi connectivity index (χ1n) is 11.1. The Balaban J connectivity index is 2.91. The summed E-state index contributed by atoms with van der Waals surface area (Å²) in [6.45, 7) is 12.6. The summed E-state index contributed by atoms with van der Waals surface area (Å²) in [6.07, 6.45) is -0.866. The van der Waals surface area contributed by atoms with E-state index in [1.807, 2.05) is 13.8 Å². The monoisotopic (exact) mass is 457 g/mol. The van der Waals surface area contributed by atoms with Gasteiger partial charge < -0.3 is 30.5 Å². The van der Waals surface area contributed by atoms with Crippen LogP contribution in [0.2, 0.25) is 0 Å². The smallest absolute Gasteiger partial charge is 0.410 e. The fraction of sp³-hybridized carbons (Fsp3) is 0.818. The summed E-state index contributed by atoms with van der Waals surface area (Å²) in [5.74, 6) is -2.91. The molecule has 4 atom stereocenters. The van der Waals surface area contributed by atoms with Gasteiger partial charge in [-0.1, -0.05) is 27.7 Å². The minimum Gasteiger partial charge on any atom is -0.480 e. The van der Waals surface area contributed by atoms with Gasteiger partial charge in [-0.25, -0.2) is 9.59 Å². The lowest BCUT2D eigenvalue weighted by atomic mass is 9.99. The molecule has 0 spiro atoms. The standard InChI is InChI=1S/C22H39N3O7/c1-12(2)11-14(18(27)24-16(13(3)4)20(29)30)23-19(28)17(26)15-9-8-10-25(15)21(31)32-22(5,6)7/h12-17,26H,8-11H2,1-7H3,(H,23,28)(H,24,27)(H,29,30)/t14-,15?,16+,17?/m1/s1. The highest BCUT2D eigenvalue weighted by Crippen LogP contribution is 2.23. The highest BCUT2D eigenvalue weighted by Gasteiger charge is 2.40. The van der Waals surface area contributed by atoms with Crippen LogP contribution < -0.4 is 10.6 Å². The molecule has 1 aliphatic heterocycles. The summed E-state index contributed by atoms with van der Waals surface area (Å²) < 4.78 is 5.37. The fourth-order valence-corrected chi connectivity index (χ4v) is 3.57. The highest BCUT2D eigenvalue weighted by molar-refractivity contribution is 5.92. The molecule has 0 saturated carbocycles. The van der Waals surface area contributed by atoms with Crippen LogP contribution in [0.15, 0.2) is 0 Å². The number of carbonyl (C=O) groups excluding carboxylic acids is 3. The SMILES string of the molecule is CC(C)C[C@@H](NC(=O)C(O)C1CCCN1C(=O)OC(C)(C)C)C(=O)N[C@H](C(=O)O)C(C)C. The molecule has 0 aromatic heterocycles. The van der Waals surface area contributed by atoms with E-state index >= 15 is 0 Å². The Morgan fingerprint density at radius 1 is 1.06 bits per heavy atom. The Bertz CT molecular complexity index is 688. The zero-order chi connectivity index (χ0) is 24.8. The lowest BCUT2D eigenvalue weighted by molar-refractivity contribution is -0.144. The Morgan fingerprint density at radius 3 is 2.12 bits per heavy atom. The van der Waals surface area contributed by atoms with Crippen molar-refractivity contribution < 1.29 is 34.1 Å². The second-order valence-corrected chi connectivity index (χ2v) is 10.1. The van der Waals surface area contributed by atoms with Crippen LogP contribution in [-0.2, 0) is 19.1 Å². The molecule has 0 aromatic rings. The number of carboxylic acid groups (broad SMARTS) is 1. The van der Waals surface area contributed by atoms with E-state index in [0.29, 0.717) is 19.4 Å². The Labute approximate surface area is 190 Å². The quantitative estimate of drug-likeness (QED) is 0.410. The van der Waals surface area contributed by atoms with E-state index in [1.54, 1.807) is 34.6 Å². The molecule has 32 heavy (non-hydrogen) atoms. The topological polar surface area (TPSA) is 145 Å². The van der Waals surface area contributed by atoms with Gasteiger partial charge in [-0.15, -0.1) is 0 Å². The zero-order valence-corrected chi connectivity index (χ0v) is 20.2. The second kappa shape index (κ2) is 11.5. The molecule has 2 unspecified atom stereocenters. The van der Waals surface area contributed by atoms with Crippen molar-refractivity contribution in [1.29, 1.82) is 0 Å². The third-order valence-corrected chi connectivity index (χ3v) is 5.13. The summed E-state index contributed by atoms with van der Waals surface area (Å²) >= 11 is 0. The van der Waals surface area contributed by atoms with Crippen LogP contribution in [0.1, 0.15) is 67.7 Å². The van der Waals surface area contributed by atoms with Crippen LogP contribution in [0.25, 0.3) is 0 Å². The Hall–Kier alpha value is -2.36. The molecule has 0 radical (unpaired) electrons. The average Bonchev–Trinajstić information content (AvgIpc) is 3.12. The fourth-order valence-electron chi connectivity index (χ4n) is 3.57. The van der Waals surface area contributed by atoms with E-state index in [0.717, 1.165) is 0 Å². The van der Waals surface area contributed by atoms with E-state index < -0.39 is 53.7 Å². The van der Waals surface area contributed by atoms with Gasteiger partial charge in [-0.2, -0.15) is 0 Å². The van der Waals surface area contributed by atoms with Crippen molar-refractivity contribution >= 4 is 23.9 Å². The molecule has 10 heteroatoms. The van der Waals surface area contributed by atoms with E-state index in [9.17, 15) is 29.4 Å². The number of carboxylic acids is 1. The van der Waals surface area contributed by atoms with Gasteiger partial charge in [-0.3, -0.25) is 9.59 Å². The third-order valence-electron chi connectivity index (χ3n) is 5.13. The number of nitrogens with zero attached hydrogens (tertiary/aromatic N) is 1. The summed E-state index contributed by atoms with van der Waals surface area (Å²) in [7, 11) is 0. The Kier molecular flexibility index (Phi) is 9.94. The van der Waals surface area contributed by atoms with Gasteiger partial charge >= 0.3 is 12.1 Å². The minimum absolute atomic E-state index is 0.0234. The summed E-state index contributed by atoms with van der Waals surface area (Å²) in [4.78, 5) is 50.8. The van der Waals surface area contributed by atoms with Crippen molar-refractivity contribution in [3.63, 3.8) is 0 Å². The first kappa shape index (κ1) is 27.7. The molecule has 3 amide bonds.